The molecule has 0 unspecified atom stereocenters. The van der Waals surface area contributed by atoms with Gasteiger partial charge in [0, 0.05) is 19.6 Å². The topological polar surface area (TPSA) is 126 Å². The smallest absolute Gasteiger partial charge is 0.407 e. The number of carbonyl (C=O) groups excluding carboxylic acids is 1. The predicted octanol–water partition coefficient (Wildman–Crippen LogP) is 4.16. The monoisotopic (exact) mass is 484 g/mol. The molecular weight excluding hydrogens is 456 g/mol. The molecule has 0 saturated heterocycles. The highest BCUT2D eigenvalue weighted by atomic mass is 35.5. The number of ether oxygens (including phenoxy) is 1. The normalized spacial score (nSPS) is 11.5. The van der Waals surface area contributed by atoms with E-state index in [1.165, 1.54) is 0 Å². The summed E-state index contributed by atoms with van der Waals surface area (Å²) in [6.45, 7) is 6.71. The van der Waals surface area contributed by atoms with Crippen LogP contribution < -0.4 is 11.1 Å². The SMILES string of the molecule is CC(C)CCn1cnc2ccc(CNC(=O)OCCCCn3cnc4c(N)nc(Cl)nc43)cc21. The van der Waals surface area contributed by atoms with Crippen molar-refractivity contribution in [3.05, 3.63) is 41.7 Å². The number of alkyl carbamates (subject to hydrolysis) is 1. The number of nitrogen functional groups attached to an aromatic ring is 1. The van der Waals surface area contributed by atoms with E-state index in [2.05, 4.69) is 49.7 Å². The van der Waals surface area contributed by atoms with Crippen LogP contribution >= 0.6 is 11.6 Å². The van der Waals surface area contributed by atoms with Gasteiger partial charge in [0.2, 0.25) is 5.28 Å². The minimum atomic E-state index is -0.436. The number of carbonyl (C=O) groups is 1. The molecule has 0 saturated carbocycles. The molecule has 34 heavy (non-hydrogen) atoms. The second kappa shape index (κ2) is 10.7. The van der Waals surface area contributed by atoms with Crippen LogP contribution in [0.2, 0.25) is 5.28 Å². The number of benzene rings is 1. The van der Waals surface area contributed by atoms with Crippen LogP contribution in [0.3, 0.4) is 0 Å². The summed E-state index contributed by atoms with van der Waals surface area (Å²) in [5, 5.41) is 2.90. The Kier molecular flexibility index (Phi) is 7.46. The number of amides is 1. The van der Waals surface area contributed by atoms with Gasteiger partial charge in [0.15, 0.2) is 11.5 Å². The van der Waals surface area contributed by atoms with Crippen LogP contribution in [0.15, 0.2) is 30.9 Å². The first-order valence-corrected chi connectivity index (χ1v) is 11.8. The summed E-state index contributed by atoms with van der Waals surface area (Å²) >= 11 is 5.89. The number of fused-ring (bicyclic) bond motifs is 2. The van der Waals surface area contributed by atoms with Crippen LogP contribution in [0.1, 0.15) is 38.7 Å². The molecule has 1 amide bonds. The summed E-state index contributed by atoms with van der Waals surface area (Å²) in [7, 11) is 0. The molecule has 3 N–H and O–H groups in total. The maximum absolute atomic E-state index is 12.1. The molecule has 0 bridgehead atoms. The van der Waals surface area contributed by atoms with Crippen molar-refractivity contribution in [1.82, 2.24) is 34.4 Å². The maximum Gasteiger partial charge on any atom is 0.407 e. The largest absolute Gasteiger partial charge is 0.450 e. The molecule has 3 heterocycles. The molecule has 4 rings (SSSR count). The van der Waals surface area contributed by atoms with Crippen molar-refractivity contribution in [2.75, 3.05) is 12.3 Å². The number of hydrogen-bond donors (Lipinski definition) is 2. The molecule has 10 nitrogen and oxygen atoms in total. The first-order chi connectivity index (χ1) is 16.4. The second-order valence-electron chi connectivity index (χ2n) is 8.63. The third-order valence-electron chi connectivity index (χ3n) is 5.56. The molecule has 180 valence electrons. The van der Waals surface area contributed by atoms with E-state index in [0.29, 0.717) is 43.2 Å². The number of rotatable bonds is 10. The highest BCUT2D eigenvalue weighted by Gasteiger charge is 2.11. The van der Waals surface area contributed by atoms with E-state index in [4.69, 9.17) is 22.1 Å². The fraction of sp³-hybridized carbons (Fsp3) is 0.435. The standard InChI is InChI=1S/C23H29ClN8O2/c1-15(2)7-9-31-13-27-17-6-5-16(11-18(17)31)12-26-23(33)34-10-4-3-8-32-14-28-19-20(25)29-22(24)30-21(19)32/h5-6,11,13-15H,3-4,7-10,12H2,1-2H3,(H,26,33)(H2,25,29,30). The molecule has 1 aromatic carbocycles. The first kappa shape index (κ1) is 23.7. The van der Waals surface area contributed by atoms with Gasteiger partial charge in [-0.05, 0) is 54.5 Å². The van der Waals surface area contributed by atoms with E-state index in [1.807, 2.05) is 23.0 Å². The number of aryl methyl sites for hydroxylation is 2. The van der Waals surface area contributed by atoms with Crippen LogP contribution in [0.5, 0.6) is 0 Å². The van der Waals surface area contributed by atoms with E-state index in [-0.39, 0.29) is 11.1 Å². The molecule has 0 fully saturated rings. The molecule has 0 aliphatic carbocycles. The summed E-state index contributed by atoms with van der Waals surface area (Å²) in [5.41, 5.74) is 9.98. The van der Waals surface area contributed by atoms with Crippen molar-refractivity contribution in [2.24, 2.45) is 5.92 Å². The lowest BCUT2D eigenvalue weighted by atomic mass is 10.1. The zero-order chi connectivity index (χ0) is 24.1. The molecule has 0 aliphatic heterocycles. The first-order valence-electron chi connectivity index (χ1n) is 11.4. The Hall–Kier alpha value is -3.40. The number of nitrogens with two attached hydrogens (primary N) is 1. The van der Waals surface area contributed by atoms with Crippen LogP contribution in [0.4, 0.5) is 10.6 Å². The van der Waals surface area contributed by atoms with Gasteiger partial charge in [-0.2, -0.15) is 9.97 Å². The lowest BCUT2D eigenvalue weighted by Crippen LogP contribution is -2.24. The average Bonchev–Trinajstić information content (AvgIpc) is 3.40. The van der Waals surface area contributed by atoms with E-state index < -0.39 is 6.09 Å². The van der Waals surface area contributed by atoms with Crippen LogP contribution in [-0.4, -0.2) is 41.8 Å². The summed E-state index contributed by atoms with van der Waals surface area (Å²) in [6.07, 6.45) is 5.66. The van der Waals surface area contributed by atoms with Crippen molar-refractivity contribution in [1.29, 1.82) is 0 Å². The molecular formula is C23H29ClN8O2. The number of aromatic nitrogens is 6. The van der Waals surface area contributed by atoms with E-state index >= 15 is 0 Å². The zero-order valence-electron chi connectivity index (χ0n) is 19.4. The van der Waals surface area contributed by atoms with Crippen molar-refractivity contribution in [3.8, 4) is 0 Å². The predicted molar refractivity (Wildman–Crippen MR) is 131 cm³/mol. The third kappa shape index (κ3) is 5.74. The fourth-order valence-corrected chi connectivity index (χ4v) is 3.84. The van der Waals surface area contributed by atoms with Crippen molar-refractivity contribution in [3.63, 3.8) is 0 Å². The van der Waals surface area contributed by atoms with Gasteiger partial charge in [0.05, 0.1) is 30.3 Å². The van der Waals surface area contributed by atoms with Crippen molar-refractivity contribution in [2.45, 2.75) is 52.7 Å². The molecule has 3 aromatic heterocycles. The molecule has 0 aliphatic rings. The Labute approximate surface area is 202 Å². The number of hydrogen-bond acceptors (Lipinski definition) is 7. The average molecular weight is 485 g/mol. The van der Waals surface area contributed by atoms with Gasteiger partial charge in [0.1, 0.15) is 5.52 Å². The molecule has 0 spiro atoms. The summed E-state index contributed by atoms with van der Waals surface area (Å²) in [4.78, 5) is 28.9. The number of unbranched alkanes of at least 4 members (excludes halogenated alkanes) is 1. The highest BCUT2D eigenvalue weighted by molar-refractivity contribution is 6.28. The van der Waals surface area contributed by atoms with E-state index in [0.717, 1.165) is 36.0 Å². The van der Waals surface area contributed by atoms with Gasteiger partial charge in [-0.3, -0.25) is 0 Å². The Morgan fingerprint density at radius 2 is 1.97 bits per heavy atom. The second-order valence-corrected chi connectivity index (χ2v) is 8.97. The number of anilines is 1. The minimum Gasteiger partial charge on any atom is -0.450 e. The minimum absolute atomic E-state index is 0.0888. The van der Waals surface area contributed by atoms with Gasteiger partial charge in [0.25, 0.3) is 0 Å². The van der Waals surface area contributed by atoms with Crippen LogP contribution in [-0.2, 0) is 24.4 Å². The lowest BCUT2D eigenvalue weighted by molar-refractivity contribution is 0.143. The number of nitrogens with one attached hydrogen (secondary N) is 1. The number of nitrogens with zero attached hydrogens (tertiary/aromatic N) is 6. The Bertz CT molecular complexity index is 1280. The number of halogens is 1. The maximum atomic E-state index is 12.1. The zero-order valence-corrected chi connectivity index (χ0v) is 20.1. The summed E-state index contributed by atoms with van der Waals surface area (Å²) in [6, 6.07) is 6.02. The van der Waals surface area contributed by atoms with Gasteiger partial charge < -0.3 is 24.9 Å². The molecule has 0 atom stereocenters. The van der Waals surface area contributed by atoms with Gasteiger partial charge in [-0.1, -0.05) is 19.9 Å². The van der Waals surface area contributed by atoms with Gasteiger partial charge >= 0.3 is 6.09 Å². The van der Waals surface area contributed by atoms with Crippen LogP contribution in [0.25, 0.3) is 22.2 Å². The Balaban J connectivity index is 1.20. The quantitative estimate of drug-likeness (QED) is 0.255. The van der Waals surface area contributed by atoms with Gasteiger partial charge in [-0.15, -0.1) is 0 Å². The fourth-order valence-electron chi connectivity index (χ4n) is 3.66. The highest BCUT2D eigenvalue weighted by Crippen LogP contribution is 2.19. The van der Waals surface area contributed by atoms with Crippen molar-refractivity contribution >= 4 is 45.7 Å². The van der Waals surface area contributed by atoms with Gasteiger partial charge in [-0.25, -0.2) is 14.8 Å². The van der Waals surface area contributed by atoms with Crippen LogP contribution in [0, 0.1) is 5.92 Å². The third-order valence-corrected chi connectivity index (χ3v) is 5.73. The Morgan fingerprint density at radius 3 is 2.79 bits per heavy atom. The van der Waals surface area contributed by atoms with E-state index in [1.54, 1.807) is 6.33 Å². The summed E-state index contributed by atoms with van der Waals surface area (Å²) in [5.74, 6) is 0.885. The lowest BCUT2D eigenvalue weighted by Gasteiger charge is -2.09. The molecule has 4 aromatic rings. The Morgan fingerprint density at radius 1 is 1.15 bits per heavy atom. The summed E-state index contributed by atoms with van der Waals surface area (Å²) < 4.78 is 9.33. The van der Waals surface area contributed by atoms with Crippen molar-refractivity contribution < 1.29 is 9.53 Å². The van der Waals surface area contributed by atoms with E-state index in [9.17, 15) is 4.79 Å². The number of imidazole rings is 2. The molecule has 11 heteroatoms. The molecule has 0 radical (unpaired) electrons.